The van der Waals surface area contributed by atoms with Crippen LogP contribution in [0.3, 0.4) is 0 Å². The summed E-state index contributed by atoms with van der Waals surface area (Å²) in [7, 11) is 0. The van der Waals surface area contributed by atoms with Crippen LogP contribution in [0.4, 0.5) is 5.69 Å². The first-order chi connectivity index (χ1) is 8.77. The molecule has 6 heteroatoms. The van der Waals surface area contributed by atoms with Gasteiger partial charge in [-0.3, -0.25) is 4.79 Å². The predicted molar refractivity (Wildman–Crippen MR) is 82.3 cm³/mol. The number of amides is 1. The summed E-state index contributed by atoms with van der Waals surface area (Å²) < 4.78 is 0. The van der Waals surface area contributed by atoms with Gasteiger partial charge in [0.2, 0.25) is 5.91 Å². The molecule has 1 unspecified atom stereocenters. The molecule has 0 aliphatic carbocycles. The second-order valence-electron chi connectivity index (χ2n) is 4.97. The van der Waals surface area contributed by atoms with Crippen LogP contribution in [0.15, 0.2) is 23.2 Å². The normalized spacial score (nSPS) is 12.5. The number of hydrogen-bond acceptors (Lipinski definition) is 3. The van der Waals surface area contributed by atoms with Crippen molar-refractivity contribution in [2.45, 2.75) is 26.3 Å². The highest BCUT2D eigenvalue weighted by Crippen LogP contribution is 2.34. The summed E-state index contributed by atoms with van der Waals surface area (Å²) in [4.78, 5) is 15.7. The van der Waals surface area contributed by atoms with Gasteiger partial charge in [-0.1, -0.05) is 56.1 Å². The molecule has 0 aromatic heterocycles. The van der Waals surface area contributed by atoms with Crippen molar-refractivity contribution in [3.05, 3.63) is 28.8 Å². The van der Waals surface area contributed by atoms with E-state index in [0.29, 0.717) is 16.3 Å². The minimum atomic E-state index is -0.723. The smallest absolute Gasteiger partial charge is 0.226 e. The molecule has 1 N–H and O–H groups in total. The third kappa shape index (κ3) is 4.29. The van der Waals surface area contributed by atoms with Crippen molar-refractivity contribution in [2.75, 3.05) is 0 Å². The molecule has 0 saturated heterocycles. The Morgan fingerprint density at radius 3 is 2.63 bits per heavy atom. The monoisotopic (exact) mass is 316 g/mol. The Labute approximate surface area is 128 Å². The fourth-order valence-corrected chi connectivity index (χ4v) is 1.99. The fourth-order valence-electron chi connectivity index (χ4n) is 1.28. The Balaban J connectivity index is 3.01. The molecule has 0 bridgehead atoms. The number of halogens is 2. The molecule has 1 amide bonds. The highest BCUT2D eigenvalue weighted by atomic mass is 35.5. The van der Waals surface area contributed by atoms with Crippen LogP contribution in [0, 0.1) is 5.41 Å². The molecule has 0 spiro atoms. The van der Waals surface area contributed by atoms with Gasteiger partial charge >= 0.3 is 0 Å². The summed E-state index contributed by atoms with van der Waals surface area (Å²) in [6.45, 7) is 5.42. The second-order valence-corrected chi connectivity index (χ2v) is 5.97. The molecule has 0 heterocycles. The van der Waals surface area contributed by atoms with Crippen LogP contribution in [-0.4, -0.2) is 11.1 Å². The summed E-state index contributed by atoms with van der Waals surface area (Å²) in [5.74, 6) is -0.160. The van der Waals surface area contributed by atoms with Crippen molar-refractivity contribution in [1.29, 1.82) is 0 Å². The van der Waals surface area contributed by atoms with Gasteiger partial charge < -0.3 is 5.32 Å². The second kappa shape index (κ2) is 6.49. The average molecular weight is 317 g/mol. The first-order valence-electron chi connectivity index (χ1n) is 5.58. The SMILES string of the molecule is CC(C)(C)C(=O)NC(Cl)c1cccc(N=C=S)c1Cl. The number of carbonyl (C=O) groups excluding carboxylic acids is 1. The number of aliphatic imine (C=N–C) groups is 1. The number of nitrogens with zero attached hydrogens (tertiary/aromatic N) is 1. The van der Waals surface area contributed by atoms with Gasteiger partial charge in [0.1, 0.15) is 5.50 Å². The van der Waals surface area contributed by atoms with E-state index in [1.807, 2.05) is 0 Å². The predicted octanol–water partition coefficient (Wildman–Crippen LogP) is 4.47. The standard InChI is InChI=1S/C13H14Cl2N2OS/c1-13(2,3)12(18)17-11(15)8-5-4-6-9(10(8)14)16-7-19/h4-6,11H,1-3H3,(H,17,18). The molecule has 1 aromatic rings. The zero-order valence-corrected chi connectivity index (χ0v) is 13.2. The number of alkyl halides is 1. The molecule has 1 aromatic carbocycles. The zero-order valence-electron chi connectivity index (χ0n) is 10.8. The molecular weight excluding hydrogens is 303 g/mol. The van der Waals surface area contributed by atoms with Gasteiger partial charge in [-0.25, -0.2) is 0 Å². The molecule has 0 radical (unpaired) electrons. The fraction of sp³-hybridized carbons (Fsp3) is 0.385. The number of rotatable bonds is 3. The van der Waals surface area contributed by atoms with Crippen LogP contribution in [-0.2, 0) is 4.79 Å². The molecule has 1 rings (SSSR count). The van der Waals surface area contributed by atoms with E-state index in [1.165, 1.54) is 0 Å². The summed E-state index contributed by atoms with van der Waals surface area (Å²) in [6.07, 6.45) is 0. The zero-order chi connectivity index (χ0) is 14.6. The number of thiocarbonyl (C=S) groups is 1. The van der Waals surface area contributed by atoms with Crippen LogP contribution >= 0.6 is 35.4 Å². The summed E-state index contributed by atoms with van der Waals surface area (Å²) in [5, 5.41) is 5.31. The Kier molecular flexibility index (Phi) is 5.50. The molecule has 102 valence electrons. The molecule has 1 atom stereocenters. The quantitative estimate of drug-likeness (QED) is 0.387. The van der Waals surface area contributed by atoms with E-state index >= 15 is 0 Å². The van der Waals surface area contributed by atoms with Gasteiger partial charge in [0.05, 0.1) is 15.9 Å². The molecule has 19 heavy (non-hydrogen) atoms. The van der Waals surface area contributed by atoms with Crippen molar-refractivity contribution < 1.29 is 4.79 Å². The number of isothiocyanates is 1. The van der Waals surface area contributed by atoms with Gasteiger partial charge in [0.25, 0.3) is 0 Å². The van der Waals surface area contributed by atoms with Gasteiger partial charge in [-0.15, -0.1) is 0 Å². The maximum Gasteiger partial charge on any atom is 0.226 e. The lowest BCUT2D eigenvalue weighted by Crippen LogP contribution is -2.35. The van der Waals surface area contributed by atoms with Crippen LogP contribution < -0.4 is 5.32 Å². The van der Waals surface area contributed by atoms with E-state index in [-0.39, 0.29) is 5.91 Å². The lowest BCUT2D eigenvalue weighted by Gasteiger charge is -2.21. The van der Waals surface area contributed by atoms with Crippen LogP contribution in [0.2, 0.25) is 5.02 Å². The maximum atomic E-state index is 11.9. The van der Waals surface area contributed by atoms with Gasteiger partial charge in [-0.05, 0) is 18.3 Å². The molecule has 0 aliphatic rings. The highest BCUT2D eigenvalue weighted by Gasteiger charge is 2.25. The van der Waals surface area contributed by atoms with Crippen LogP contribution in [0.5, 0.6) is 0 Å². The number of hydrogen-bond donors (Lipinski definition) is 1. The van der Waals surface area contributed by atoms with E-state index in [4.69, 9.17) is 23.2 Å². The van der Waals surface area contributed by atoms with E-state index in [0.717, 1.165) is 0 Å². The first kappa shape index (κ1) is 16.1. The Bertz CT molecular complexity index is 534. The Morgan fingerprint density at radius 2 is 2.11 bits per heavy atom. The molecule has 0 saturated carbocycles. The number of nitrogens with one attached hydrogen (secondary N) is 1. The van der Waals surface area contributed by atoms with Gasteiger partial charge in [0.15, 0.2) is 0 Å². The largest absolute Gasteiger partial charge is 0.336 e. The number of benzene rings is 1. The first-order valence-corrected chi connectivity index (χ1v) is 6.81. The minimum absolute atomic E-state index is 0.160. The van der Waals surface area contributed by atoms with E-state index in [2.05, 4.69) is 27.7 Å². The molecule has 3 nitrogen and oxygen atoms in total. The molecular formula is C13H14Cl2N2OS. The maximum absolute atomic E-state index is 11.9. The van der Waals surface area contributed by atoms with Crippen molar-refractivity contribution in [3.63, 3.8) is 0 Å². The Hall–Kier alpha value is -0.930. The van der Waals surface area contributed by atoms with E-state index in [9.17, 15) is 4.79 Å². The van der Waals surface area contributed by atoms with E-state index < -0.39 is 10.9 Å². The van der Waals surface area contributed by atoms with Crippen LogP contribution in [0.1, 0.15) is 31.8 Å². The van der Waals surface area contributed by atoms with E-state index in [1.54, 1.807) is 39.0 Å². The third-order valence-electron chi connectivity index (χ3n) is 2.39. The van der Waals surface area contributed by atoms with Gasteiger partial charge in [-0.2, -0.15) is 4.99 Å². The highest BCUT2D eigenvalue weighted by molar-refractivity contribution is 7.78. The lowest BCUT2D eigenvalue weighted by molar-refractivity contribution is -0.128. The summed E-state index contributed by atoms with van der Waals surface area (Å²) >= 11 is 16.9. The Morgan fingerprint density at radius 1 is 1.47 bits per heavy atom. The van der Waals surface area contributed by atoms with Crippen molar-refractivity contribution in [2.24, 2.45) is 10.4 Å². The topological polar surface area (TPSA) is 41.5 Å². The third-order valence-corrected chi connectivity index (χ3v) is 3.23. The van der Waals surface area contributed by atoms with Crippen LogP contribution in [0.25, 0.3) is 0 Å². The molecule has 0 aliphatic heterocycles. The molecule has 0 fully saturated rings. The summed E-state index contributed by atoms with van der Waals surface area (Å²) in [5.41, 5.74) is -0.194. The van der Waals surface area contributed by atoms with Crippen molar-refractivity contribution >= 4 is 52.2 Å². The van der Waals surface area contributed by atoms with Crippen molar-refractivity contribution in [3.8, 4) is 0 Å². The van der Waals surface area contributed by atoms with Gasteiger partial charge in [0, 0.05) is 11.0 Å². The average Bonchev–Trinajstić information content (AvgIpc) is 2.30. The lowest BCUT2D eigenvalue weighted by atomic mass is 9.95. The van der Waals surface area contributed by atoms with Crippen molar-refractivity contribution in [1.82, 2.24) is 5.32 Å². The summed E-state index contributed by atoms with van der Waals surface area (Å²) in [6, 6.07) is 5.16. The number of carbonyl (C=O) groups is 1. The minimum Gasteiger partial charge on any atom is -0.336 e.